The molecule has 0 bridgehead atoms. The topological polar surface area (TPSA) is 102 Å². The van der Waals surface area contributed by atoms with Crippen molar-refractivity contribution in [3.05, 3.63) is 50.4 Å². The Morgan fingerprint density at radius 1 is 1.12 bits per heavy atom. The molecule has 2 N–H and O–H groups in total. The number of morpholine rings is 1. The van der Waals surface area contributed by atoms with E-state index in [2.05, 4.69) is 47.5 Å². The van der Waals surface area contributed by atoms with Crippen molar-refractivity contribution in [1.29, 1.82) is 0 Å². The van der Waals surface area contributed by atoms with Crippen molar-refractivity contribution in [3.8, 4) is 11.3 Å². The molecule has 2 saturated heterocycles. The van der Waals surface area contributed by atoms with Gasteiger partial charge in [-0.15, -0.1) is 0 Å². The van der Waals surface area contributed by atoms with E-state index in [0.29, 0.717) is 54.8 Å². The Morgan fingerprint density at radius 3 is 2.52 bits per heavy atom. The number of hydrogen-bond acceptors (Lipinski definition) is 8. The minimum absolute atomic E-state index is 0.0507. The summed E-state index contributed by atoms with van der Waals surface area (Å²) in [5.41, 5.74) is 5.11. The van der Waals surface area contributed by atoms with Crippen LogP contribution < -0.4 is 10.7 Å². The summed E-state index contributed by atoms with van der Waals surface area (Å²) in [6.45, 7) is 15.5. The molecule has 40 heavy (non-hydrogen) atoms. The second kappa shape index (κ2) is 11.7. The number of halogens is 1. The average Bonchev–Trinajstić information content (AvgIpc) is 2.91. The number of aromatic nitrogens is 3. The third-order valence-electron chi connectivity index (χ3n) is 8.32. The summed E-state index contributed by atoms with van der Waals surface area (Å²) in [5, 5.41) is 14.7. The van der Waals surface area contributed by atoms with Gasteiger partial charge in [-0.1, -0.05) is 17.7 Å². The Hall–Kier alpha value is -2.56. The number of aryl methyl sites for hydroxylation is 1. The van der Waals surface area contributed by atoms with Crippen LogP contribution in [0.25, 0.3) is 22.2 Å². The van der Waals surface area contributed by atoms with Crippen molar-refractivity contribution < 1.29 is 14.6 Å². The van der Waals surface area contributed by atoms with E-state index in [0.717, 1.165) is 27.9 Å². The number of ether oxygens (including phenoxy) is 2. The highest BCUT2D eigenvalue weighted by molar-refractivity contribution is 6.33. The zero-order valence-electron chi connectivity index (χ0n) is 24.2. The van der Waals surface area contributed by atoms with Gasteiger partial charge in [-0.2, -0.15) is 0 Å². The van der Waals surface area contributed by atoms with Gasteiger partial charge in [0, 0.05) is 53.5 Å². The van der Waals surface area contributed by atoms with E-state index < -0.39 is 6.10 Å². The number of fused-ring (bicyclic) bond motifs is 1. The molecule has 0 unspecified atom stereocenters. The van der Waals surface area contributed by atoms with E-state index in [1.54, 1.807) is 6.20 Å². The quantitative estimate of drug-likeness (QED) is 0.448. The average molecular weight is 570 g/mol. The number of nitrogens with zero attached hydrogens (tertiary/aromatic N) is 4. The van der Waals surface area contributed by atoms with Crippen molar-refractivity contribution in [3.63, 3.8) is 0 Å². The molecule has 9 nitrogen and oxygen atoms in total. The van der Waals surface area contributed by atoms with Crippen molar-refractivity contribution in [2.24, 2.45) is 0 Å². The number of nitrogens with one attached hydrogen (secondary N) is 1. The molecular weight excluding hydrogens is 530 g/mol. The van der Waals surface area contributed by atoms with E-state index >= 15 is 0 Å². The molecule has 10 heteroatoms. The minimum atomic E-state index is -0.641. The molecule has 0 radical (unpaired) electrons. The summed E-state index contributed by atoms with van der Waals surface area (Å²) in [6, 6.07) is 4.23. The van der Waals surface area contributed by atoms with Gasteiger partial charge in [0.1, 0.15) is 0 Å². The maximum absolute atomic E-state index is 13.7. The van der Waals surface area contributed by atoms with Crippen LogP contribution in [0.4, 0.5) is 5.95 Å². The lowest BCUT2D eigenvalue weighted by Gasteiger charge is -2.40. The fraction of sp³-hybridized carbons (Fsp3) is 0.567. The number of anilines is 1. The SMILES string of the molecule is Cc1c(CN2[C@H](C)COC[C@H]2C)n(C(C)C)c2c(C)c(-c3nc(N[C@@H]4CCOC[C@H]4O)ncc3Cl)ccc2c1=O. The van der Waals surface area contributed by atoms with E-state index in [1.165, 1.54) is 0 Å². The van der Waals surface area contributed by atoms with Gasteiger partial charge in [-0.05, 0) is 59.6 Å². The fourth-order valence-corrected chi connectivity index (χ4v) is 6.26. The van der Waals surface area contributed by atoms with Gasteiger partial charge in [0.05, 0.1) is 54.4 Å². The lowest BCUT2D eigenvalue weighted by atomic mass is 9.97. The molecule has 0 spiro atoms. The summed E-state index contributed by atoms with van der Waals surface area (Å²) in [7, 11) is 0. The Balaban J connectivity index is 1.64. The standard InChI is InChI=1S/C30H40ClN5O4/c1-16(2)36-25(12-35-17(3)13-40-14-18(35)4)20(6)29(38)22-8-7-21(19(5)28(22)36)27-23(31)11-32-30(34-27)33-24-9-10-39-15-26(24)37/h7-8,11,16-18,24,26,37H,9-10,12-15H2,1-6H3,(H,32,33,34)/t17-,18-,24-,26-/m1/s1. The molecule has 216 valence electrons. The Labute approximate surface area is 240 Å². The first-order valence-electron chi connectivity index (χ1n) is 14.1. The first-order valence-corrected chi connectivity index (χ1v) is 14.5. The van der Waals surface area contributed by atoms with E-state index in [-0.39, 0.29) is 36.2 Å². The molecule has 1 aromatic carbocycles. The predicted molar refractivity (Wildman–Crippen MR) is 158 cm³/mol. The van der Waals surface area contributed by atoms with Crippen LogP contribution in [0.2, 0.25) is 5.02 Å². The van der Waals surface area contributed by atoms with Crippen LogP contribution in [-0.2, 0) is 16.0 Å². The highest BCUT2D eigenvalue weighted by atomic mass is 35.5. The molecule has 0 saturated carbocycles. The van der Waals surface area contributed by atoms with E-state index in [9.17, 15) is 9.90 Å². The Bertz CT molecular complexity index is 1450. The molecule has 2 fully saturated rings. The maximum atomic E-state index is 13.7. The number of aliphatic hydroxyl groups excluding tert-OH is 1. The molecule has 0 amide bonds. The van der Waals surface area contributed by atoms with Crippen molar-refractivity contribution in [2.75, 3.05) is 31.7 Å². The summed E-state index contributed by atoms with van der Waals surface area (Å²) in [4.78, 5) is 25.3. The largest absolute Gasteiger partial charge is 0.389 e. The molecule has 0 aliphatic carbocycles. The second-order valence-electron chi connectivity index (χ2n) is 11.5. The van der Waals surface area contributed by atoms with Gasteiger partial charge < -0.3 is 24.5 Å². The van der Waals surface area contributed by atoms with Crippen molar-refractivity contribution in [2.45, 2.75) is 84.8 Å². The maximum Gasteiger partial charge on any atom is 0.223 e. The predicted octanol–water partition coefficient (Wildman–Crippen LogP) is 4.48. The highest BCUT2D eigenvalue weighted by Gasteiger charge is 2.29. The number of pyridine rings is 1. The van der Waals surface area contributed by atoms with Crippen LogP contribution in [-0.4, -0.2) is 75.2 Å². The summed E-state index contributed by atoms with van der Waals surface area (Å²) >= 11 is 6.67. The number of aliphatic hydroxyl groups is 1. The van der Waals surface area contributed by atoms with Crippen molar-refractivity contribution in [1.82, 2.24) is 19.4 Å². The zero-order valence-corrected chi connectivity index (χ0v) is 25.0. The third kappa shape index (κ3) is 5.37. The molecule has 2 aliphatic rings. The number of benzene rings is 1. The Morgan fingerprint density at radius 2 is 1.85 bits per heavy atom. The van der Waals surface area contributed by atoms with Crippen LogP contribution in [0.15, 0.2) is 23.1 Å². The van der Waals surface area contributed by atoms with Gasteiger partial charge in [0.2, 0.25) is 5.95 Å². The van der Waals surface area contributed by atoms with Gasteiger partial charge in [-0.3, -0.25) is 9.69 Å². The number of rotatable bonds is 6. The third-order valence-corrected chi connectivity index (χ3v) is 8.60. The van der Waals surface area contributed by atoms with Crippen LogP contribution >= 0.6 is 11.6 Å². The first kappa shape index (κ1) is 29.0. The molecule has 4 atom stereocenters. The van der Waals surface area contributed by atoms with E-state index in [1.807, 2.05) is 26.0 Å². The monoisotopic (exact) mass is 569 g/mol. The molecule has 4 heterocycles. The van der Waals surface area contributed by atoms with Gasteiger partial charge in [0.15, 0.2) is 5.43 Å². The van der Waals surface area contributed by atoms with Crippen molar-refractivity contribution >= 4 is 28.5 Å². The zero-order chi connectivity index (χ0) is 28.7. The van der Waals surface area contributed by atoms with E-state index in [4.69, 9.17) is 26.1 Å². The summed E-state index contributed by atoms with van der Waals surface area (Å²) in [6.07, 6.45) is 1.59. The molecule has 2 aliphatic heterocycles. The summed E-state index contributed by atoms with van der Waals surface area (Å²) in [5.74, 6) is 0.394. The second-order valence-corrected chi connectivity index (χ2v) is 11.9. The van der Waals surface area contributed by atoms with Gasteiger partial charge >= 0.3 is 0 Å². The fourth-order valence-electron chi connectivity index (χ4n) is 6.07. The lowest BCUT2D eigenvalue weighted by molar-refractivity contribution is -0.0420. The van der Waals surface area contributed by atoms with Crippen LogP contribution in [0.3, 0.4) is 0 Å². The molecular formula is C30H40ClN5O4. The minimum Gasteiger partial charge on any atom is -0.389 e. The normalized spacial score (nSPS) is 24.1. The molecule has 3 aromatic rings. The lowest BCUT2D eigenvalue weighted by Crippen LogP contribution is -2.49. The Kier molecular flexibility index (Phi) is 8.50. The summed E-state index contributed by atoms with van der Waals surface area (Å²) < 4.78 is 13.4. The molecule has 5 rings (SSSR count). The van der Waals surface area contributed by atoms with Crippen LogP contribution in [0, 0.1) is 13.8 Å². The molecule has 2 aromatic heterocycles. The number of hydrogen-bond donors (Lipinski definition) is 2. The van der Waals surface area contributed by atoms with Crippen LogP contribution in [0.1, 0.15) is 57.0 Å². The van der Waals surface area contributed by atoms with Crippen LogP contribution in [0.5, 0.6) is 0 Å². The van der Waals surface area contributed by atoms with Gasteiger partial charge in [-0.25, -0.2) is 9.97 Å². The highest BCUT2D eigenvalue weighted by Crippen LogP contribution is 2.35. The smallest absolute Gasteiger partial charge is 0.223 e. The first-order chi connectivity index (χ1) is 19.1. The van der Waals surface area contributed by atoms with Gasteiger partial charge in [0.25, 0.3) is 0 Å².